The van der Waals surface area contributed by atoms with Gasteiger partial charge in [0.2, 0.25) is 21.8 Å². The number of amides is 2. The maximum Gasteiger partial charge on any atom is 0.242 e. The molecule has 132 valence electrons. The first kappa shape index (κ1) is 18.3. The van der Waals surface area contributed by atoms with E-state index < -0.39 is 15.8 Å². The monoisotopic (exact) mass is 357 g/mol. The first-order chi connectivity index (χ1) is 11.3. The second kappa shape index (κ2) is 7.71. The fourth-order valence-corrected chi connectivity index (χ4v) is 3.28. The number of benzene rings is 1. The molecule has 0 bridgehead atoms. The van der Waals surface area contributed by atoms with Crippen molar-refractivity contribution in [2.75, 3.05) is 39.0 Å². The van der Waals surface area contributed by atoms with Crippen LogP contribution in [0.25, 0.3) is 0 Å². The van der Waals surface area contributed by atoms with Crippen molar-refractivity contribution in [2.24, 2.45) is 0 Å². The summed E-state index contributed by atoms with van der Waals surface area (Å²) in [6.07, 6.45) is 1.13. The van der Waals surface area contributed by atoms with Gasteiger partial charge in [-0.1, -0.05) is 12.1 Å². The lowest BCUT2D eigenvalue weighted by molar-refractivity contribution is -0.133. The van der Waals surface area contributed by atoms with Crippen LogP contribution in [0, 0.1) is 5.82 Å². The van der Waals surface area contributed by atoms with Crippen LogP contribution in [0.2, 0.25) is 0 Å². The minimum absolute atomic E-state index is 0.00705. The molecule has 0 saturated carbocycles. The van der Waals surface area contributed by atoms with Gasteiger partial charge in [-0.25, -0.2) is 12.8 Å². The summed E-state index contributed by atoms with van der Waals surface area (Å²) in [5.41, 5.74) is 0.529. The van der Waals surface area contributed by atoms with E-state index in [2.05, 4.69) is 5.32 Å². The van der Waals surface area contributed by atoms with Crippen molar-refractivity contribution < 1.29 is 22.4 Å². The molecule has 1 fully saturated rings. The van der Waals surface area contributed by atoms with Gasteiger partial charge in [-0.3, -0.25) is 9.59 Å². The molecule has 1 aromatic rings. The molecular weight excluding hydrogens is 337 g/mol. The first-order valence-corrected chi connectivity index (χ1v) is 9.34. The summed E-state index contributed by atoms with van der Waals surface area (Å²) in [7, 11) is -3.24. The molecule has 1 aromatic carbocycles. The lowest BCUT2D eigenvalue weighted by Gasteiger charge is -2.33. The molecule has 1 aliphatic rings. The average Bonchev–Trinajstić information content (AvgIpc) is 2.52. The number of piperazine rings is 1. The number of nitrogens with zero attached hydrogens (tertiary/aromatic N) is 2. The molecule has 0 aliphatic carbocycles. The quantitative estimate of drug-likeness (QED) is 0.776. The van der Waals surface area contributed by atoms with E-state index in [0.29, 0.717) is 18.7 Å². The smallest absolute Gasteiger partial charge is 0.242 e. The van der Waals surface area contributed by atoms with Crippen LogP contribution in [-0.2, 0) is 26.0 Å². The Morgan fingerprint density at radius 2 is 1.88 bits per heavy atom. The van der Waals surface area contributed by atoms with E-state index in [-0.39, 0.29) is 37.9 Å². The Kier molecular flexibility index (Phi) is 5.89. The second-order valence-corrected chi connectivity index (χ2v) is 7.61. The highest BCUT2D eigenvalue weighted by molar-refractivity contribution is 7.88. The van der Waals surface area contributed by atoms with E-state index in [1.165, 1.54) is 27.4 Å². The molecule has 0 unspecified atom stereocenters. The van der Waals surface area contributed by atoms with Crippen LogP contribution in [0.15, 0.2) is 24.3 Å². The van der Waals surface area contributed by atoms with Gasteiger partial charge >= 0.3 is 0 Å². The van der Waals surface area contributed by atoms with E-state index in [0.717, 1.165) is 6.26 Å². The molecule has 1 heterocycles. The molecule has 0 aromatic heterocycles. The molecule has 0 atom stereocenters. The van der Waals surface area contributed by atoms with Crippen LogP contribution in [0.3, 0.4) is 0 Å². The topological polar surface area (TPSA) is 86.8 Å². The SMILES string of the molecule is CS(=O)(=O)N1CCN(C(=O)CNC(=O)Cc2cccc(F)c2)CC1. The number of carbonyl (C=O) groups is 2. The zero-order valence-corrected chi connectivity index (χ0v) is 14.2. The second-order valence-electron chi connectivity index (χ2n) is 5.63. The number of sulfonamides is 1. The third-order valence-corrected chi connectivity index (χ3v) is 5.05. The van der Waals surface area contributed by atoms with Gasteiger partial charge in [0, 0.05) is 26.2 Å². The van der Waals surface area contributed by atoms with Gasteiger partial charge in [-0.15, -0.1) is 0 Å². The van der Waals surface area contributed by atoms with Crippen molar-refractivity contribution in [3.05, 3.63) is 35.6 Å². The molecule has 7 nitrogen and oxygen atoms in total. The van der Waals surface area contributed by atoms with Gasteiger partial charge in [-0.05, 0) is 17.7 Å². The maximum atomic E-state index is 13.1. The normalized spacial score (nSPS) is 16.0. The third kappa shape index (κ3) is 5.27. The van der Waals surface area contributed by atoms with Gasteiger partial charge in [-0.2, -0.15) is 4.31 Å². The van der Waals surface area contributed by atoms with Gasteiger partial charge in [0.15, 0.2) is 0 Å². The summed E-state index contributed by atoms with van der Waals surface area (Å²) >= 11 is 0. The number of hydrogen-bond donors (Lipinski definition) is 1. The van der Waals surface area contributed by atoms with Crippen LogP contribution >= 0.6 is 0 Å². The summed E-state index contributed by atoms with van der Waals surface area (Å²) in [5, 5.41) is 2.50. The average molecular weight is 357 g/mol. The number of rotatable bonds is 5. The van der Waals surface area contributed by atoms with E-state index in [9.17, 15) is 22.4 Å². The maximum absolute atomic E-state index is 13.1. The molecule has 9 heteroatoms. The van der Waals surface area contributed by atoms with E-state index in [4.69, 9.17) is 0 Å². The zero-order chi connectivity index (χ0) is 17.7. The summed E-state index contributed by atoms with van der Waals surface area (Å²) in [4.78, 5) is 25.4. The molecule has 1 saturated heterocycles. The van der Waals surface area contributed by atoms with Gasteiger partial charge in [0.1, 0.15) is 5.82 Å². The molecule has 0 spiro atoms. The van der Waals surface area contributed by atoms with Crippen molar-refractivity contribution in [1.29, 1.82) is 0 Å². The lowest BCUT2D eigenvalue weighted by Crippen LogP contribution is -2.52. The molecule has 0 radical (unpaired) electrons. The largest absolute Gasteiger partial charge is 0.347 e. The number of nitrogens with one attached hydrogen (secondary N) is 1. The van der Waals surface area contributed by atoms with Crippen molar-refractivity contribution in [3.63, 3.8) is 0 Å². The first-order valence-electron chi connectivity index (χ1n) is 7.50. The third-order valence-electron chi connectivity index (χ3n) is 3.75. The van der Waals surface area contributed by atoms with Crippen LogP contribution < -0.4 is 5.32 Å². The molecule has 1 N–H and O–H groups in total. The van der Waals surface area contributed by atoms with Gasteiger partial charge in [0.05, 0.1) is 19.2 Å². The Hall–Kier alpha value is -2.00. The van der Waals surface area contributed by atoms with Crippen molar-refractivity contribution >= 4 is 21.8 Å². The van der Waals surface area contributed by atoms with Crippen LogP contribution in [0.1, 0.15) is 5.56 Å². The van der Waals surface area contributed by atoms with Gasteiger partial charge in [0.25, 0.3) is 0 Å². The highest BCUT2D eigenvalue weighted by atomic mass is 32.2. The molecule has 2 amide bonds. The zero-order valence-electron chi connectivity index (χ0n) is 13.4. The summed E-state index contributed by atoms with van der Waals surface area (Å²) in [6, 6.07) is 5.71. The fraction of sp³-hybridized carbons (Fsp3) is 0.467. The Morgan fingerprint density at radius 3 is 2.46 bits per heavy atom. The Bertz CT molecular complexity index is 715. The highest BCUT2D eigenvalue weighted by Gasteiger charge is 2.25. The lowest BCUT2D eigenvalue weighted by atomic mass is 10.1. The van der Waals surface area contributed by atoms with Crippen molar-refractivity contribution in [2.45, 2.75) is 6.42 Å². The number of hydrogen-bond acceptors (Lipinski definition) is 4. The summed E-state index contributed by atoms with van der Waals surface area (Å²) < 4.78 is 37.2. The Morgan fingerprint density at radius 1 is 1.21 bits per heavy atom. The van der Waals surface area contributed by atoms with Gasteiger partial charge < -0.3 is 10.2 Å². The summed E-state index contributed by atoms with van der Waals surface area (Å²) in [6.45, 7) is 0.938. The molecular formula is C15H20FN3O4S. The summed E-state index contributed by atoms with van der Waals surface area (Å²) in [5.74, 6) is -1.06. The Balaban J connectivity index is 1.76. The van der Waals surface area contributed by atoms with Crippen molar-refractivity contribution in [3.8, 4) is 0 Å². The minimum Gasteiger partial charge on any atom is -0.347 e. The molecule has 2 rings (SSSR count). The predicted molar refractivity (Wildman–Crippen MR) is 86.1 cm³/mol. The van der Waals surface area contributed by atoms with Crippen LogP contribution in [0.5, 0.6) is 0 Å². The highest BCUT2D eigenvalue weighted by Crippen LogP contribution is 2.06. The number of halogens is 1. The fourth-order valence-electron chi connectivity index (χ4n) is 2.45. The minimum atomic E-state index is -3.24. The number of carbonyl (C=O) groups excluding carboxylic acids is 2. The van der Waals surface area contributed by atoms with Crippen LogP contribution in [-0.4, -0.2) is 68.4 Å². The van der Waals surface area contributed by atoms with E-state index in [1.54, 1.807) is 6.07 Å². The predicted octanol–water partition coefficient (Wildman–Crippen LogP) is -0.412. The Labute approximate surface area is 140 Å². The standard InChI is InChI=1S/C15H20FN3O4S/c1-24(22,23)19-7-5-18(6-8-19)15(21)11-17-14(20)10-12-3-2-4-13(16)9-12/h2-4,9H,5-8,10-11H2,1H3,(H,17,20). The van der Waals surface area contributed by atoms with Crippen molar-refractivity contribution in [1.82, 2.24) is 14.5 Å². The molecule has 1 aliphatic heterocycles. The van der Waals surface area contributed by atoms with E-state index in [1.807, 2.05) is 0 Å². The van der Waals surface area contributed by atoms with E-state index >= 15 is 0 Å². The van der Waals surface area contributed by atoms with Crippen LogP contribution in [0.4, 0.5) is 4.39 Å². The molecule has 24 heavy (non-hydrogen) atoms.